The third kappa shape index (κ3) is 2.96. The first-order valence-electron chi connectivity index (χ1n) is 4.57. The van der Waals surface area contributed by atoms with Crippen molar-refractivity contribution in [2.24, 2.45) is 0 Å². The van der Waals surface area contributed by atoms with E-state index in [1.165, 1.54) is 14.2 Å². The lowest BCUT2D eigenvalue weighted by molar-refractivity contribution is 1.54. The van der Waals surface area contributed by atoms with Gasteiger partial charge in [0, 0.05) is 8.47 Å². The highest BCUT2D eigenvalue weighted by atomic mass is 127. The summed E-state index contributed by atoms with van der Waals surface area (Å²) in [6, 6.07) is 16.8. The van der Waals surface area contributed by atoms with Gasteiger partial charge < -0.3 is 0 Å². The van der Waals surface area contributed by atoms with Crippen molar-refractivity contribution in [2.75, 3.05) is 0 Å². The molecule has 0 aromatic heterocycles. The molecule has 0 aliphatic carbocycles. The fourth-order valence-electron chi connectivity index (χ4n) is 1.29. The summed E-state index contributed by atoms with van der Waals surface area (Å²) in [5.74, 6) is 0. The first-order chi connectivity index (χ1) is 7.27. The van der Waals surface area contributed by atoms with E-state index < -0.39 is 0 Å². The minimum absolute atomic E-state index is 0.691. The number of hydrogen-bond acceptors (Lipinski definition) is 1. The van der Waals surface area contributed by atoms with Gasteiger partial charge >= 0.3 is 0 Å². The second-order valence-corrected chi connectivity index (χ2v) is 6.09. The molecule has 0 N–H and O–H groups in total. The third-order valence-electron chi connectivity index (χ3n) is 2.05. The lowest BCUT2D eigenvalue weighted by Crippen LogP contribution is -2.07. The van der Waals surface area contributed by atoms with E-state index in [4.69, 9.17) is 0 Å². The SMILES string of the molecule is Sc1ccccc1Pc1ccccc1I. The molecular formula is C12H10IPS. The molecular weight excluding hydrogens is 334 g/mol. The van der Waals surface area contributed by atoms with Crippen LogP contribution in [0.3, 0.4) is 0 Å². The van der Waals surface area contributed by atoms with Crippen LogP contribution in [0.5, 0.6) is 0 Å². The Labute approximate surface area is 111 Å². The highest BCUT2D eigenvalue weighted by Gasteiger charge is 2.02. The average molecular weight is 344 g/mol. The predicted octanol–water partition coefficient (Wildman–Crippen LogP) is 3.21. The molecule has 1 atom stereocenters. The molecule has 0 aliphatic heterocycles. The van der Waals surface area contributed by atoms with Gasteiger partial charge in [0.1, 0.15) is 0 Å². The number of hydrogen-bond donors (Lipinski definition) is 1. The zero-order valence-electron chi connectivity index (χ0n) is 7.94. The molecule has 0 saturated carbocycles. The van der Waals surface area contributed by atoms with E-state index in [1.54, 1.807) is 0 Å². The maximum absolute atomic E-state index is 4.47. The van der Waals surface area contributed by atoms with Crippen molar-refractivity contribution in [3.05, 3.63) is 52.1 Å². The van der Waals surface area contributed by atoms with E-state index in [-0.39, 0.29) is 0 Å². The molecule has 3 heteroatoms. The molecule has 0 fully saturated rings. The molecule has 0 bridgehead atoms. The predicted molar refractivity (Wildman–Crippen MR) is 80.4 cm³/mol. The Hall–Kier alpha value is -0.0500. The molecule has 0 heterocycles. The van der Waals surface area contributed by atoms with Gasteiger partial charge in [-0.25, -0.2) is 0 Å². The van der Waals surface area contributed by atoms with Crippen molar-refractivity contribution in [1.29, 1.82) is 0 Å². The van der Waals surface area contributed by atoms with Crippen LogP contribution in [0.2, 0.25) is 0 Å². The van der Waals surface area contributed by atoms with Crippen LogP contribution in [0.25, 0.3) is 0 Å². The maximum Gasteiger partial charge on any atom is 0.0207 e. The summed E-state index contributed by atoms with van der Waals surface area (Å²) in [6.45, 7) is 0. The Morgan fingerprint density at radius 1 is 0.867 bits per heavy atom. The molecule has 0 saturated heterocycles. The molecule has 0 amide bonds. The van der Waals surface area contributed by atoms with E-state index in [9.17, 15) is 0 Å². The molecule has 2 aromatic rings. The molecule has 2 aromatic carbocycles. The average Bonchev–Trinajstić information content (AvgIpc) is 2.24. The highest BCUT2D eigenvalue weighted by Crippen LogP contribution is 2.18. The van der Waals surface area contributed by atoms with Crippen molar-refractivity contribution < 1.29 is 0 Å². The van der Waals surface area contributed by atoms with Gasteiger partial charge in [-0.05, 0) is 45.3 Å². The molecule has 0 radical (unpaired) electrons. The van der Waals surface area contributed by atoms with Crippen molar-refractivity contribution >= 4 is 54.4 Å². The molecule has 76 valence electrons. The lowest BCUT2D eigenvalue weighted by Gasteiger charge is -2.06. The highest BCUT2D eigenvalue weighted by molar-refractivity contribution is 14.1. The Bertz CT molecular complexity index is 427. The molecule has 0 nitrogen and oxygen atoms in total. The molecule has 0 aliphatic rings. The first kappa shape index (κ1) is 11.4. The van der Waals surface area contributed by atoms with Gasteiger partial charge in [-0.2, -0.15) is 0 Å². The first-order valence-corrected chi connectivity index (χ1v) is 7.09. The third-order valence-corrected chi connectivity index (χ3v) is 5.51. The Balaban J connectivity index is 2.30. The molecule has 2 rings (SSSR count). The quantitative estimate of drug-likeness (QED) is 0.483. The summed E-state index contributed by atoms with van der Waals surface area (Å²) in [6.07, 6.45) is 0. The largest absolute Gasteiger partial charge is 0.143 e. The zero-order valence-corrected chi connectivity index (χ0v) is 12.0. The van der Waals surface area contributed by atoms with E-state index in [2.05, 4.69) is 71.6 Å². The van der Waals surface area contributed by atoms with Crippen molar-refractivity contribution in [2.45, 2.75) is 4.90 Å². The number of rotatable bonds is 2. The summed E-state index contributed by atoms with van der Waals surface area (Å²) < 4.78 is 1.32. The van der Waals surface area contributed by atoms with Crippen LogP contribution in [0.15, 0.2) is 53.4 Å². The van der Waals surface area contributed by atoms with Crippen molar-refractivity contribution in [1.82, 2.24) is 0 Å². The van der Waals surface area contributed by atoms with Crippen LogP contribution in [0.4, 0.5) is 0 Å². The topological polar surface area (TPSA) is 0 Å². The van der Waals surface area contributed by atoms with E-state index in [0.717, 1.165) is 4.90 Å². The van der Waals surface area contributed by atoms with Gasteiger partial charge in [0.15, 0.2) is 0 Å². The molecule has 0 spiro atoms. The Morgan fingerprint density at radius 3 is 2.13 bits per heavy atom. The van der Waals surface area contributed by atoms with Crippen molar-refractivity contribution in [3.8, 4) is 0 Å². The molecule has 15 heavy (non-hydrogen) atoms. The van der Waals surface area contributed by atoms with Crippen LogP contribution in [0.1, 0.15) is 0 Å². The number of thiol groups is 1. The smallest absolute Gasteiger partial charge is 0.0207 e. The second kappa shape index (κ2) is 5.33. The normalized spacial score (nSPS) is 11.1. The lowest BCUT2D eigenvalue weighted by atomic mass is 10.4. The van der Waals surface area contributed by atoms with Crippen molar-refractivity contribution in [3.63, 3.8) is 0 Å². The van der Waals surface area contributed by atoms with Gasteiger partial charge in [0.2, 0.25) is 0 Å². The standard InChI is InChI=1S/C12H10IPS/c13-9-5-1-2-6-10(9)14-11-7-3-4-8-12(11)15/h1-8,14-15H. The fourth-order valence-corrected chi connectivity index (χ4v) is 3.47. The monoisotopic (exact) mass is 344 g/mol. The number of halogens is 1. The minimum atomic E-state index is 0.691. The summed E-state index contributed by atoms with van der Waals surface area (Å²) in [4.78, 5) is 1.08. The van der Waals surface area contributed by atoms with Crippen LogP contribution < -0.4 is 10.6 Å². The van der Waals surface area contributed by atoms with E-state index in [0.29, 0.717) is 8.58 Å². The minimum Gasteiger partial charge on any atom is -0.143 e. The van der Waals surface area contributed by atoms with Gasteiger partial charge in [-0.15, -0.1) is 12.6 Å². The van der Waals surface area contributed by atoms with Crippen LogP contribution in [0, 0.1) is 3.57 Å². The summed E-state index contributed by atoms with van der Waals surface area (Å²) in [5, 5.41) is 2.70. The van der Waals surface area contributed by atoms with Crippen LogP contribution in [-0.4, -0.2) is 0 Å². The van der Waals surface area contributed by atoms with Crippen LogP contribution in [-0.2, 0) is 0 Å². The van der Waals surface area contributed by atoms with Crippen LogP contribution >= 0.6 is 43.8 Å². The van der Waals surface area contributed by atoms with Gasteiger partial charge in [0.05, 0.1) is 0 Å². The number of benzene rings is 2. The summed E-state index contributed by atoms with van der Waals surface area (Å²) >= 11 is 6.85. The summed E-state index contributed by atoms with van der Waals surface area (Å²) in [5.41, 5.74) is 0. The second-order valence-electron chi connectivity index (χ2n) is 3.12. The Morgan fingerprint density at radius 2 is 1.47 bits per heavy atom. The van der Waals surface area contributed by atoms with Gasteiger partial charge in [0.25, 0.3) is 0 Å². The van der Waals surface area contributed by atoms with E-state index in [1.807, 2.05) is 12.1 Å². The Kier molecular flexibility index (Phi) is 4.06. The van der Waals surface area contributed by atoms with Gasteiger partial charge in [-0.3, -0.25) is 0 Å². The zero-order chi connectivity index (χ0) is 10.7. The maximum atomic E-state index is 4.47. The van der Waals surface area contributed by atoms with Gasteiger partial charge in [-0.1, -0.05) is 45.0 Å². The fraction of sp³-hybridized carbons (Fsp3) is 0. The summed E-state index contributed by atoms with van der Waals surface area (Å²) in [7, 11) is 0.691. The van der Waals surface area contributed by atoms with E-state index >= 15 is 0 Å². The molecule has 1 unspecified atom stereocenters.